The lowest BCUT2D eigenvalue weighted by Crippen LogP contribution is -2.23. The molecule has 2 nitrogen and oxygen atoms in total. The van der Waals surface area contributed by atoms with E-state index >= 15 is 0 Å². The number of nitrogens with one attached hydrogen (secondary N) is 1. The summed E-state index contributed by atoms with van der Waals surface area (Å²) >= 11 is 10.6. The number of benzene rings is 1. The lowest BCUT2D eigenvalue weighted by atomic mass is 10.0. The normalized spacial score (nSPS) is 12.4. The summed E-state index contributed by atoms with van der Waals surface area (Å²) in [5, 5.41) is 3.53. The number of halogens is 3. The first-order chi connectivity index (χ1) is 9.60. The van der Waals surface area contributed by atoms with Crippen molar-refractivity contribution in [3.8, 4) is 0 Å². The first-order valence-electron chi connectivity index (χ1n) is 6.39. The van der Waals surface area contributed by atoms with Crippen molar-refractivity contribution in [3.05, 3.63) is 61.2 Å². The molecule has 1 aromatic carbocycles. The third-order valence-electron chi connectivity index (χ3n) is 2.99. The summed E-state index contributed by atoms with van der Waals surface area (Å²) in [6.45, 7) is 3.04. The molecule has 1 atom stereocenters. The van der Waals surface area contributed by atoms with E-state index in [4.69, 9.17) is 0 Å². The van der Waals surface area contributed by atoms with Crippen LogP contribution in [0.25, 0.3) is 0 Å². The van der Waals surface area contributed by atoms with Gasteiger partial charge in [0.2, 0.25) is 0 Å². The van der Waals surface area contributed by atoms with Gasteiger partial charge in [-0.15, -0.1) is 0 Å². The van der Waals surface area contributed by atoms with Crippen molar-refractivity contribution in [2.75, 3.05) is 6.54 Å². The smallest absolute Gasteiger partial charge is 0.0423 e. The zero-order valence-corrected chi connectivity index (χ0v) is 15.8. The predicted molar refractivity (Wildman–Crippen MR) is 93.9 cm³/mol. The van der Waals surface area contributed by atoms with Crippen molar-refractivity contribution in [1.82, 2.24) is 10.3 Å². The summed E-state index contributed by atoms with van der Waals surface area (Å²) in [5.41, 5.74) is 2.33. The fourth-order valence-corrected chi connectivity index (χ4v) is 3.62. The number of nitrogens with zero attached hydrogens (tertiary/aromatic N) is 1. The van der Waals surface area contributed by atoms with E-state index < -0.39 is 0 Å². The highest BCUT2D eigenvalue weighted by molar-refractivity contribution is 9.11. The number of pyridine rings is 1. The quantitative estimate of drug-likeness (QED) is 0.655. The van der Waals surface area contributed by atoms with Crippen molar-refractivity contribution >= 4 is 47.8 Å². The molecule has 0 spiro atoms. The highest BCUT2D eigenvalue weighted by Gasteiger charge is 2.15. The summed E-state index contributed by atoms with van der Waals surface area (Å²) in [7, 11) is 0. The van der Waals surface area contributed by atoms with Gasteiger partial charge in [0.25, 0.3) is 0 Å². The largest absolute Gasteiger partial charge is 0.310 e. The van der Waals surface area contributed by atoms with Gasteiger partial charge in [-0.05, 0) is 52.3 Å². The first kappa shape index (κ1) is 16.1. The maximum Gasteiger partial charge on any atom is 0.0423 e. The van der Waals surface area contributed by atoms with Gasteiger partial charge < -0.3 is 5.32 Å². The van der Waals surface area contributed by atoms with E-state index in [9.17, 15) is 0 Å². The van der Waals surface area contributed by atoms with Gasteiger partial charge in [0.05, 0.1) is 0 Å². The molecule has 0 radical (unpaired) electrons. The van der Waals surface area contributed by atoms with Crippen molar-refractivity contribution in [3.63, 3.8) is 0 Å². The molecule has 106 valence electrons. The Bertz CT molecular complexity index is 570. The third kappa shape index (κ3) is 4.38. The maximum atomic E-state index is 4.46. The Balaban J connectivity index is 2.24. The fourth-order valence-electron chi connectivity index (χ4n) is 2.06. The second-order valence-electron chi connectivity index (χ2n) is 4.45. The number of hydrogen-bond acceptors (Lipinski definition) is 2. The van der Waals surface area contributed by atoms with Crippen LogP contribution in [0.5, 0.6) is 0 Å². The minimum atomic E-state index is 0.246. The number of aromatic nitrogens is 1. The van der Waals surface area contributed by atoms with Crippen molar-refractivity contribution in [2.24, 2.45) is 0 Å². The van der Waals surface area contributed by atoms with Gasteiger partial charge in [0, 0.05) is 37.8 Å². The minimum Gasteiger partial charge on any atom is -0.310 e. The fraction of sp³-hybridized carbons (Fsp3) is 0.267. The molecule has 0 amide bonds. The SMILES string of the molecule is CCNC(Cc1ccc(Br)cn1)c1ccc(Br)cc1Br. The Morgan fingerprint density at radius 3 is 2.45 bits per heavy atom. The standard InChI is InChI=1S/C15H15Br3N2/c1-2-19-15(8-12-5-3-11(17)9-20-12)13-6-4-10(16)7-14(13)18/h3-7,9,15,19H,2,8H2,1H3. The maximum absolute atomic E-state index is 4.46. The van der Waals surface area contributed by atoms with E-state index in [1.54, 1.807) is 0 Å². The van der Waals surface area contributed by atoms with E-state index in [1.807, 2.05) is 12.3 Å². The van der Waals surface area contributed by atoms with Gasteiger partial charge in [-0.25, -0.2) is 0 Å². The van der Waals surface area contributed by atoms with Gasteiger partial charge in [0.1, 0.15) is 0 Å². The third-order valence-corrected chi connectivity index (χ3v) is 4.64. The van der Waals surface area contributed by atoms with Gasteiger partial charge in [-0.3, -0.25) is 4.98 Å². The molecule has 1 heterocycles. The summed E-state index contributed by atoms with van der Waals surface area (Å²) in [4.78, 5) is 4.46. The van der Waals surface area contributed by atoms with E-state index in [0.29, 0.717) is 0 Å². The average molecular weight is 463 g/mol. The van der Waals surface area contributed by atoms with Gasteiger partial charge in [0.15, 0.2) is 0 Å². The Kier molecular flexibility index (Phi) is 6.20. The van der Waals surface area contributed by atoms with E-state index in [0.717, 1.165) is 32.1 Å². The van der Waals surface area contributed by atoms with Crippen molar-refractivity contribution in [2.45, 2.75) is 19.4 Å². The van der Waals surface area contributed by atoms with Crippen molar-refractivity contribution < 1.29 is 0 Å². The van der Waals surface area contributed by atoms with Crippen molar-refractivity contribution in [1.29, 1.82) is 0 Å². The molecule has 0 saturated carbocycles. The van der Waals surface area contributed by atoms with Crippen LogP contribution in [-0.2, 0) is 6.42 Å². The molecule has 0 fully saturated rings. The predicted octanol–water partition coefficient (Wildman–Crippen LogP) is 5.26. The highest BCUT2D eigenvalue weighted by Crippen LogP contribution is 2.28. The molecule has 5 heteroatoms. The van der Waals surface area contributed by atoms with Crippen LogP contribution in [0, 0.1) is 0 Å². The molecule has 0 aliphatic rings. The number of likely N-dealkylation sites (N-methyl/N-ethyl adjacent to an activating group) is 1. The molecule has 20 heavy (non-hydrogen) atoms. The van der Waals surface area contributed by atoms with E-state index in [-0.39, 0.29) is 6.04 Å². The molecule has 0 aliphatic carbocycles. The monoisotopic (exact) mass is 460 g/mol. The Labute approximate surface area is 144 Å². The molecular weight excluding hydrogens is 448 g/mol. The van der Waals surface area contributed by atoms with Crippen LogP contribution in [0.1, 0.15) is 24.2 Å². The molecule has 1 aromatic heterocycles. The number of hydrogen-bond donors (Lipinski definition) is 1. The average Bonchev–Trinajstić information content (AvgIpc) is 2.41. The van der Waals surface area contributed by atoms with Gasteiger partial charge in [-0.1, -0.05) is 44.8 Å². The molecule has 0 aliphatic heterocycles. The molecule has 0 bridgehead atoms. The summed E-state index contributed by atoms with van der Waals surface area (Å²) < 4.78 is 3.19. The van der Waals surface area contributed by atoms with Gasteiger partial charge >= 0.3 is 0 Å². The van der Waals surface area contributed by atoms with Crippen LogP contribution in [0.15, 0.2) is 49.9 Å². The molecular formula is C15H15Br3N2. The topological polar surface area (TPSA) is 24.9 Å². The van der Waals surface area contributed by atoms with Crippen LogP contribution in [-0.4, -0.2) is 11.5 Å². The lowest BCUT2D eigenvalue weighted by Gasteiger charge is -2.19. The Morgan fingerprint density at radius 1 is 1.10 bits per heavy atom. The molecule has 2 aromatic rings. The van der Waals surface area contributed by atoms with E-state index in [2.05, 4.69) is 89.3 Å². The highest BCUT2D eigenvalue weighted by atomic mass is 79.9. The molecule has 1 N–H and O–H groups in total. The molecule has 1 unspecified atom stereocenters. The summed E-state index contributed by atoms with van der Waals surface area (Å²) in [6.07, 6.45) is 2.70. The second kappa shape index (κ2) is 7.69. The van der Waals surface area contributed by atoms with Crippen LogP contribution in [0.2, 0.25) is 0 Å². The van der Waals surface area contributed by atoms with E-state index in [1.165, 1.54) is 5.56 Å². The van der Waals surface area contributed by atoms with Crippen LogP contribution in [0.3, 0.4) is 0 Å². The minimum absolute atomic E-state index is 0.246. The summed E-state index contributed by atoms with van der Waals surface area (Å²) in [6, 6.07) is 10.6. The van der Waals surface area contributed by atoms with Gasteiger partial charge in [-0.2, -0.15) is 0 Å². The summed E-state index contributed by atoms with van der Waals surface area (Å²) in [5.74, 6) is 0. The number of rotatable bonds is 5. The van der Waals surface area contributed by atoms with Crippen LogP contribution >= 0.6 is 47.8 Å². The Hall–Kier alpha value is -0.230. The second-order valence-corrected chi connectivity index (χ2v) is 7.13. The molecule has 2 rings (SSSR count). The zero-order valence-electron chi connectivity index (χ0n) is 11.0. The van der Waals surface area contributed by atoms with Crippen LogP contribution < -0.4 is 5.32 Å². The molecule has 0 saturated heterocycles. The lowest BCUT2D eigenvalue weighted by molar-refractivity contribution is 0.542. The van der Waals surface area contributed by atoms with Crippen LogP contribution in [0.4, 0.5) is 0 Å². The first-order valence-corrected chi connectivity index (χ1v) is 8.76. The Morgan fingerprint density at radius 2 is 1.85 bits per heavy atom. The zero-order chi connectivity index (χ0) is 14.5.